The molecule has 0 radical (unpaired) electrons. The van der Waals surface area contributed by atoms with Crippen LogP contribution in [0.1, 0.15) is 112 Å². The molecule has 4 aliphatic carbocycles. The third-order valence-electron chi connectivity index (χ3n) is 13.5. The summed E-state index contributed by atoms with van der Waals surface area (Å²) in [7, 11) is 0. The Morgan fingerprint density at radius 2 is 1.71 bits per heavy atom. The zero-order valence-corrected chi connectivity index (χ0v) is 26.7. The summed E-state index contributed by atoms with van der Waals surface area (Å²) >= 11 is 0. The molecule has 41 heavy (non-hydrogen) atoms. The minimum Gasteiger partial charge on any atom is -0.394 e. The van der Waals surface area contributed by atoms with E-state index in [1.54, 1.807) is 0 Å². The number of hydrogen-bond donors (Lipinski definition) is 4. The van der Waals surface area contributed by atoms with Crippen molar-refractivity contribution in [2.75, 3.05) is 6.61 Å². The molecule has 4 fully saturated rings. The molecule has 0 bridgehead atoms. The summed E-state index contributed by atoms with van der Waals surface area (Å²) in [5.74, 6) is 5.66. The molecule has 0 aromatic heterocycles. The van der Waals surface area contributed by atoms with E-state index >= 15 is 0 Å². The number of aliphatic hydroxyl groups is 4. The lowest BCUT2D eigenvalue weighted by Crippen LogP contribution is -2.60. The van der Waals surface area contributed by atoms with E-state index in [4.69, 9.17) is 9.47 Å². The first-order valence-corrected chi connectivity index (χ1v) is 17.1. The maximum Gasteiger partial charge on any atom is 0.186 e. The lowest BCUT2D eigenvalue weighted by atomic mass is 9.47. The van der Waals surface area contributed by atoms with Gasteiger partial charge in [0.1, 0.15) is 24.4 Å². The standard InChI is InChI=1S/C35H60O6/c1-7-22(20(2)3)9-8-21(4)26-12-13-27-25-11-10-23-18-24(14-16-34(23,5)28(25)15-17-35(26,27)6)40-33-32(39)31(38)30(37)29(19-36)41-33/h10,20-22,24-33,36-39H,7-9,11-19H2,1-6H3/t21-,22-,24-,25+,26-,27-,28+,29-,30-,31+,32-,33-,34-,35-/m1/s1. The summed E-state index contributed by atoms with van der Waals surface area (Å²) in [6.07, 6.45) is 9.92. The lowest BCUT2D eigenvalue weighted by molar-refractivity contribution is -0.313. The average Bonchev–Trinajstić information content (AvgIpc) is 3.30. The van der Waals surface area contributed by atoms with Crippen LogP contribution in [0.4, 0.5) is 0 Å². The fourth-order valence-corrected chi connectivity index (χ4v) is 10.8. The zero-order chi connectivity index (χ0) is 29.7. The van der Waals surface area contributed by atoms with Crippen molar-refractivity contribution in [3.8, 4) is 0 Å². The van der Waals surface area contributed by atoms with Crippen molar-refractivity contribution in [3.05, 3.63) is 11.6 Å². The highest BCUT2D eigenvalue weighted by molar-refractivity contribution is 5.25. The van der Waals surface area contributed by atoms with E-state index in [1.807, 2.05) is 0 Å². The smallest absolute Gasteiger partial charge is 0.186 e. The van der Waals surface area contributed by atoms with Gasteiger partial charge in [-0.2, -0.15) is 0 Å². The first-order valence-electron chi connectivity index (χ1n) is 17.1. The lowest BCUT2D eigenvalue weighted by Gasteiger charge is -2.58. The SMILES string of the molecule is CC[C@H](CC[C@@H](C)[C@H]1CC[C@@H]2[C@@H]3CC=C4C[C@H](O[C@@H]5O[C@H](CO)[C@@H](O)[C@H](O)[C@H]5O)CC[C@@]4(C)[C@H]3CC[C@@]21C)C(C)C. The molecule has 6 nitrogen and oxygen atoms in total. The van der Waals surface area contributed by atoms with Crippen molar-refractivity contribution in [3.63, 3.8) is 0 Å². The molecule has 236 valence electrons. The van der Waals surface area contributed by atoms with E-state index in [9.17, 15) is 20.4 Å². The molecule has 0 aromatic carbocycles. The fourth-order valence-electron chi connectivity index (χ4n) is 10.8. The third-order valence-corrected chi connectivity index (χ3v) is 13.5. The van der Waals surface area contributed by atoms with Crippen LogP contribution in [0.15, 0.2) is 11.6 Å². The van der Waals surface area contributed by atoms with E-state index in [0.29, 0.717) is 5.41 Å². The van der Waals surface area contributed by atoms with Gasteiger partial charge < -0.3 is 29.9 Å². The topological polar surface area (TPSA) is 99.4 Å². The molecule has 0 aromatic rings. The second-order valence-corrected chi connectivity index (χ2v) is 15.7. The zero-order valence-electron chi connectivity index (χ0n) is 26.7. The van der Waals surface area contributed by atoms with Gasteiger partial charge >= 0.3 is 0 Å². The van der Waals surface area contributed by atoms with Crippen LogP contribution >= 0.6 is 0 Å². The molecule has 14 atom stereocenters. The molecule has 4 N–H and O–H groups in total. The fraction of sp³-hybridized carbons (Fsp3) is 0.943. The first-order chi connectivity index (χ1) is 19.4. The Morgan fingerprint density at radius 3 is 2.39 bits per heavy atom. The Bertz CT molecular complexity index is 918. The van der Waals surface area contributed by atoms with Crippen molar-refractivity contribution in [1.82, 2.24) is 0 Å². The van der Waals surface area contributed by atoms with Crippen LogP contribution in [-0.2, 0) is 9.47 Å². The van der Waals surface area contributed by atoms with Gasteiger partial charge in [-0.1, -0.05) is 66.0 Å². The maximum atomic E-state index is 10.5. The Labute approximate surface area is 249 Å². The Hall–Kier alpha value is -0.500. The number of aliphatic hydroxyl groups excluding tert-OH is 4. The highest BCUT2D eigenvalue weighted by Gasteiger charge is 2.59. The predicted molar refractivity (Wildman–Crippen MR) is 161 cm³/mol. The molecular weight excluding hydrogens is 516 g/mol. The molecule has 5 aliphatic rings. The van der Waals surface area contributed by atoms with E-state index < -0.39 is 37.3 Å². The van der Waals surface area contributed by atoms with Gasteiger partial charge in [-0.05, 0) is 110 Å². The number of allylic oxidation sites excluding steroid dienone is 1. The number of rotatable bonds is 9. The molecular formula is C35H60O6. The van der Waals surface area contributed by atoms with Gasteiger partial charge in [0.2, 0.25) is 0 Å². The highest BCUT2D eigenvalue weighted by atomic mass is 16.7. The van der Waals surface area contributed by atoms with Crippen molar-refractivity contribution in [1.29, 1.82) is 0 Å². The van der Waals surface area contributed by atoms with Crippen LogP contribution in [0.3, 0.4) is 0 Å². The Kier molecular flexibility index (Phi) is 9.71. The van der Waals surface area contributed by atoms with Crippen LogP contribution in [-0.4, -0.2) is 63.8 Å². The molecule has 3 saturated carbocycles. The molecule has 1 heterocycles. The average molecular weight is 577 g/mol. The minimum atomic E-state index is -1.40. The summed E-state index contributed by atoms with van der Waals surface area (Å²) in [4.78, 5) is 0. The highest BCUT2D eigenvalue weighted by Crippen LogP contribution is 2.67. The summed E-state index contributed by atoms with van der Waals surface area (Å²) < 4.78 is 11.9. The van der Waals surface area contributed by atoms with E-state index in [1.165, 1.54) is 56.9 Å². The first kappa shape index (κ1) is 31.9. The third kappa shape index (κ3) is 5.73. The van der Waals surface area contributed by atoms with Gasteiger partial charge in [-0.25, -0.2) is 0 Å². The normalized spacial score (nSPS) is 47.7. The maximum absolute atomic E-state index is 10.5. The van der Waals surface area contributed by atoms with Gasteiger partial charge in [0.25, 0.3) is 0 Å². The van der Waals surface area contributed by atoms with Crippen LogP contribution in [0.2, 0.25) is 0 Å². The van der Waals surface area contributed by atoms with Crippen LogP contribution < -0.4 is 0 Å². The summed E-state index contributed by atoms with van der Waals surface area (Å²) in [5, 5.41) is 40.4. The van der Waals surface area contributed by atoms with Crippen LogP contribution in [0.5, 0.6) is 0 Å². The van der Waals surface area contributed by atoms with Gasteiger partial charge in [0.05, 0.1) is 12.7 Å². The van der Waals surface area contributed by atoms with Crippen LogP contribution in [0.25, 0.3) is 0 Å². The van der Waals surface area contributed by atoms with Crippen molar-refractivity contribution in [2.45, 2.75) is 149 Å². The summed E-state index contributed by atoms with van der Waals surface area (Å²) in [5.41, 5.74) is 2.19. The van der Waals surface area contributed by atoms with Gasteiger partial charge in [-0.15, -0.1) is 0 Å². The van der Waals surface area contributed by atoms with Gasteiger partial charge in [-0.3, -0.25) is 0 Å². The minimum absolute atomic E-state index is 0.101. The van der Waals surface area contributed by atoms with E-state index in [0.717, 1.165) is 60.7 Å². The molecule has 0 amide bonds. The van der Waals surface area contributed by atoms with E-state index in [2.05, 4.69) is 47.6 Å². The molecule has 0 spiro atoms. The van der Waals surface area contributed by atoms with Crippen molar-refractivity contribution >= 4 is 0 Å². The monoisotopic (exact) mass is 576 g/mol. The molecule has 5 rings (SSSR count). The summed E-state index contributed by atoms with van der Waals surface area (Å²) in [6, 6.07) is 0. The quantitative estimate of drug-likeness (QED) is 0.257. The Morgan fingerprint density at radius 1 is 0.951 bits per heavy atom. The molecule has 6 heteroatoms. The molecule has 0 unspecified atom stereocenters. The number of hydrogen-bond acceptors (Lipinski definition) is 6. The predicted octanol–water partition coefficient (Wildman–Crippen LogP) is 5.85. The second-order valence-electron chi connectivity index (χ2n) is 15.7. The number of fused-ring (bicyclic) bond motifs is 5. The van der Waals surface area contributed by atoms with Gasteiger partial charge in [0.15, 0.2) is 6.29 Å². The Balaban J connectivity index is 1.24. The molecule has 1 aliphatic heterocycles. The summed E-state index contributed by atoms with van der Waals surface area (Å²) in [6.45, 7) is 14.5. The second kappa shape index (κ2) is 12.5. The number of ether oxygens (including phenoxy) is 2. The van der Waals surface area contributed by atoms with Crippen molar-refractivity contribution < 1.29 is 29.9 Å². The van der Waals surface area contributed by atoms with Crippen molar-refractivity contribution in [2.24, 2.45) is 52.3 Å². The van der Waals surface area contributed by atoms with Gasteiger partial charge in [0, 0.05) is 0 Å². The largest absolute Gasteiger partial charge is 0.394 e. The van der Waals surface area contributed by atoms with E-state index in [-0.39, 0.29) is 11.5 Å². The van der Waals surface area contributed by atoms with Crippen LogP contribution in [0, 0.1) is 52.3 Å². The molecule has 1 saturated heterocycles.